The SMILES string of the molecule is CCCC[Si](CCCC)(CCCC)CSc1cc(C(C)(C)C)c(O)cc1C(C)(C)C.O=C(O)CCC(=O)O. The van der Waals surface area contributed by atoms with E-state index in [4.69, 9.17) is 10.2 Å². The molecule has 0 bridgehead atoms. The molecule has 0 radical (unpaired) electrons. The molecule has 0 unspecified atom stereocenters. The number of carboxylic acids is 2. The summed E-state index contributed by atoms with van der Waals surface area (Å²) in [4.78, 5) is 20.7. The van der Waals surface area contributed by atoms with Crippen LogP contribution in [-0.2, 0) is 20.4 Å². The maximum atomic E-state index is 10.8. The molecule has 0 aromatic heterocycles. The van der Waals surface area contributed by atoms with Crippen molar-refractivity contribution in [2.75, 3.05) is 5.38 Å². The van der Waals surface area contributed by atoms with Crippen LogP contribution in [0.2, 0.25) is 18.1 Å². The number of phenolic OH excluding ortho intramolecular Hbond substituents is 1. The van der Waals surface area contributed by atoms with Gasteiger partial charge in [-0.2, -0.15) is 0 Å². The second kappa shape index (κ2) is 17.3. The van der Waals surface area contributed by atoms with Gasteiger partial charge in [0.2, 0.25) is 0 Å². The molecule has 0 aliphatic heterocycles. The molecule has 1 rings (SSSR count). The Hall–Kier alpha value is -1.47. The molecule has 0 amide bonds. The van der Waals surface area contributed by atoms with E-state index in [1.54, 1.807) is 0 Å². The fourth-order valence-corrected chi connectivity index (χ4v) is 12.9. The monoisotopic (exact) mass is 568 g/mol. The van der Waals surface area contributed by atoms with Gasteiger partial charge < -0.3 is 15.3 Å². The zero-order chi connectivity index (χ0) is 29.6. The van der Waals surface area contributed by atoms with E-state index < -0.39 is 20.0 Å². The lowest BCUT2D eigenvalue weighted by molar-refractivity contribution is -0.143. The summed E-state index contributed by atoms with van der Waals surface area (Å²) in [5.41, 5.74) is 2.39. The number of benzene rings is 1. The van der Waals surface area contributed by atoms with Crippen LogP contribution in [0.4, 0.5) is 0 Å². The first-order valence-corrected chi connectivity index (χ1v) is 18.3. The maximum Gasteiger partial charge on any atom is 0.303 e. The van der Waals surface area contributed by atoms with Crippen molar-refractivity contribution in [1.82, 2.24) is 0 Å². The Bertz CT molecular complexity index is 819. The number of aliphatic carboxylic acids is 2. The Morgan fingerprint density at radius 1 is 0.737 bits per heavy atom. The third-order valence-electron chi connectivity index (χ3n) is 6.98. The van der Waals surface area contributed by atoms with Gasteiger partial charge in [0.15, 0.2) is 0 Å². The standard InChI is InChI=1S/C27H50OSSi.C4H6O4/c1-10-13-16-30(17-14-11-2,18-15-12-3)21-29-25-20-22(26(4,5)6)24(28)19-23(25)27(7,8)9;5-3(6)1-2-4(7)8/h19-20,28H,10-18,21H2,1-9H3;1-2H2,(H,5,6)(H,7,8). The number of hydrogen-bond donors (Lipinski definition) is 3. The number of carbonyl (C=O) groups is 2. The summed E-state index contributed by atoms with van der Waals surface area (Å²) in [6.07, 6.45) is 7.55. The lowest BCUT2D eigenvalue weighted by Gasteiger charge is -2.33. The molecule has 0 aliphatic carbocycles. The molecule has 0 atom stereocenters. The average Bonchev–Trinajstić information content (AvgIpc) is 2.81. The van der Waals surface area contributed by atoms with E-state index in [0.29, 0.717) is 5.75 Å². The van der Waals surface area contributed by atoms with Gasteiger partial charge in [0.25, 0.3) is 0 Å². The van der Waals surface area contributed by atoms with Gasteiger partial charge in [-0.05, 0) is 33.9 Å². The molecule has 0 fully saturated rings. The van der Waals surface area contributed by atoms with E-state index in [2.05, 4.69) is 86.2 Å². The number of hydrogen-bond acceptors (Lipinski definition) is 4. The summed E-state index contributed by atoms with van der Waals surface area (Å²) < 4.78 is 0. The highest BCUT2D eigenvalue weighted by atomic mass is 32.2. The molecule has 7 heteroatoms. The lowest BCUT2D eigenvalue weighted by atomic mass is 9.81. The van der Waals surface area contributed by atoms with Crippen molar-refractivity contribution in [3.8, 4) is 5.75 Å². The van der Waals surface area contributed by atoms with Crippen molar-refractivity contribution in [3.63, 3.8) is 0 Å². The smallest absolute Gasteiger partial charge is 0.303 e. The Morgan fingerprint density at radius 2 is 1.13 bits per heavy atom. The molecule has 3 N–H and O–H groups in total. The van der Waals surface area contributed by atoms with E-state index >= 15 is 0 Å². The number of phenols is 1. The summed E-state index contributed by atoms with van der Waals surface area (Å²) in [5, 5.41) is 27.9. The minimum absolute atomic E-state index is 0.0384. The van der Waals surface area contributed by atoms with Gasteiger partial charge in [0.1, 0.15) is 5.75 Å². The second-order valence-corrected chi connectivity index (χ2v) is 19.1. The van der Waals surface area contributed by atoms with Gasteiger partial charge in [-0.25, -0.2) is 0 Å². The van der Waals surface area contributed by atoms with Crippen LogP contribution < -0.4 is 0 Å². The van der Waals surface area contributed by atoms with E-state index in [1.807, 2.05) is 0 Å². The van der Waals surface area contributed by atoms with Crippen LogP contribution in [0.25, 0.3) is 0 Å². The van der Waals surface area contributed by atoms with Gasteiger partial charge in [0.05, 0.1) is 20.9 Å². The number of thioether (sulfide) groups is 1. The molecule has 0 heterocycles. The maximum absolute atomic E-state index is 10.8. The summed E-state index contributed by atoms with van der Waals surface area (Å²) in [5.74, 6) is -1.69. The Balaban J connectivity index is 0.00000147. The van der Waals surface area contributed by atoms with E-state index in [1.165, 1.54) is 72.5 Å². The predicted molar refractivity (Wildman–Crippen MR) is 166 cm³/mol. The van der Waals surface area contributed by atoms with Gasteiger partial charge in [0, 0.05) is 10.5 Å². The minimum Gasteiger partial charge on any atom is -0.508 e. The van der Waals surface area contributed by atoms with Crippen LogP contribution in [0.15, 0.2) is 17.0 Å². The second-order valence-electron chi connectivity index (χ2n) is 12.8. The highest BCUT2D eigenvalue weighted by Crippen LogP contribution is 2.43. The van der Waals surface area contributed by atoms with Crippen molar-refractivity contribution in [2.24, 2.45) is 0 Å². The minimum atomic E-state index is -1.30. The van der Waals surface area contributed by atoms with Crippen LogP contribution in [-0.4, -0.2) is 40.7 Å². The normalized spacial score (nSPS) is 12.1. The molecule has 0 saturated heterocycles. The Kier molecular flexibility index (Phi) is 16.6. The molecule has 1 aromatic rings. The first-order valence-electron chi connectivity index (χ1n) is 14.5. The fraction of sp³-hybridized carbons (Fsp3) is 0.742. The zero-order valence-electron chi connectivity index (χ0n) is 25.7. The lowest BCUT2D eigenvalue weighted by Crippen LogP contribution is -2.37. The Morgan fingerprint density at radius 3 is 1.45 bits per heavy atom. The van der Waals surface area contributed by atoms with Crippen LogP contribution >= 0.6 is 11.8 Å². The summed E-state index contributed by atoms with van der Waals surface area (Å²) in [7, 11) is -1.30. The third-order valence-corrected chi connectivity index (χ3v) is 14.9. The summed E-state index contributed by atoms with van der Waals surface area (Å²) >= 11 is 2.12. The largest absolute Gasteiger partial charge is 0.508 e. The number of aromatic hydroxyl groups is 1. The molecule has 0 spiro atoms. The highest BCUT2D eigenvalue weighted by molar-refractivity contribution is 8.01. The number of unbranched alkanes of at least 4 members (excludes halogenated alkanes) is 3. The first kappa shape index (κ1) is 36.5. The van der Waals surface area contributed by atoms with Crippen molar-refractivity contribution in [2.45, 2.75) is 148 Å². The van der Waals surface area contributed by atoms with Gasteiger partial charge in [-0.15, -0.1) is 11.8 Å². The fourth-order valence-electron chi connectivity index (χ4n) is 4.57. The Labute approximate surface area is 238 Å². The zero-order valence-corrected chi connectivity index (χ0v) is 27.5. The van der Waals surface area contributed by atoms with Crippen molar-refractivity contribution >= 4 is 31.8 Å². The molecule has 0 aliphatic rings. The molecule has 5 nitrogen and oxygen atoms in total. The van der Waals surface area contributed by atoms with Crippen molar-refractivity contribution in [1.29, 1.82) is 0 Å². The number of carboxylic acid groups (broad SMARTS) is 2. The van der Waals surface area contributed by atoms with Crippen LogP contribution in [0.1, 0.15) is 125 Å². The molecular weight excluding hydrogens is 512 g/mol. The predicted octanol–water partition coefficient (Wildman–Crippen LogP) is 9.40. The van der Waals surface area contributed by atoms with E-state index in [-0.39, 0.29) is 23.7 Å². The van der Waals surface area contributed by atoms with Gasteiger partial charge in [-0.3, -0.25) is 9.59 Å². The van der Waals surface area contributed by atoms with Gasteiger partial charge in [-0.1, -0.05) is 119 Å². The third kappa shape index (κ3) is 14.1. The van der Waals surface area contributed by atoms with E-state index in [0.717, 1.165) is 5.56 Å². The quantitative estimate of drug-likeness (QED) is 0.144. The van der Waals surface area contributed by atoms with Crippen LogP contribution in [0.3, 0.4) is 0 Å². The highest BCUT2D eigenvalue weighted by Gasteiger charge is 2.32. The molecule has 1 aromatic carbocycles. The summed E-state index contributed by atoms with van der Waals surface area (Å²) in [6, 6.07) is 8.86. The average molecular weight is 569 g/mol. The topological polar surface area (TPSA) is 94.8 Å². The molecule has 0 saturated carbocycles. The molecule has 38 heavy (non-hydrogen) atoms. The molecular formula is C31H56O5SSi. The van der Waals surface area contributed by atoms with Crippen LogP contribution in [0.5, 0.6) is 5.75 Å². The summed E-state index contributed by atoms with van der Waals surface area (Å²) in [6.45, 7) is 20.5. The van der Waals surface area contributed by atoms with Gasteiger partial charge >= 0.3 is 11.9 Å². The first-order chi connectivity index (χ1) is 17.5. The van der Waals surface area contributed by atoms with Crippen molar-refractivity contribution in [3.05, 3.63) is 23.3 Å². The van der Waals surface area contributed by atoms with E-state index in [9.17, 15) is 14.7 Å². The van der Waals surface area contributed by atoms with Crippen LogP contribution in [0, 0.1) is 0 Å². The molecule has 220 valence electrons. The van der Waals surface area contributed by atoms with Crippen molar-refractivity contribution < 1.29 is 24.9 Å². The number of rotatable bonds is 15.